The molecule has 0 spiro atoms. The lowest BCUT2D eigenvalue weighted by Gasteiger charge is -2.62. The lowest BCUT2D eigenvalue weighted by Crippen LogP contribution is -2.69. The molecular weight excluding hydrogens is 623 g/mol. The molecule has 0 bridgehead atoms. The number of amides is 1. The van der Waals surface area contributed by atoms with Gasteiger partial charge in [0.15, 0.2) is 23.7 Å². The summed E-state index contributed by atoms with van der Waals surface area (Å²) in [4.78, 5) is 54.8. The van der Waals surface area contributed by atoms with E-state index in [-0.39, 0.29) is 50.4 Å². The Bertz CT molecular complexity index is 1500. The minimum absolute atomic E-state index is 0.0834. The molecule has 47 heavy (non-hydrogen) atoms. The number of carbonyl (C=O) groups excluding carboxylic acids is 4. The van der Waals surface area contributed by atoms with Crippen LogP contribution in [0.1, 0.15) is 55.5 Å². The number of alkyl carbamates (subject to hydrolysis) is 1. The van der Waals surface area contributed by atoms with Gasteiger partial charge in [0, 0.05) is 16.7 Å². The number of hydrogen-bond donors (Lipinski definition) is 6. The van der Waals surface area contributed by atoms with Gasteiger partial charge < -0.3 is 30.1 Å². The largest absolute Gasteiger partial charge is 0.460 e. The van der Waals surface area contributed by atoms with Gasteiger partial charge in [-0.1, -0.05) is 36.8 Å². The number of rotatable bonds is 10. The normalized spacial score (nSPS) is 35.8. The number of ether oxygens (including phenoxy) is 2. The number of Topliss-reactive ketones (excluding diaryl/α,β-unsaturated/α-hetero) is 1. The molecule has 1 amide bonds. The molecule has 8 atom stereocenters. The van der Waals surface area contributed by atoms with Gasteiger partial charge in [-0.25, -0.2) is 18.8 Å². The van der Waals surface area contributed by atoms with Gasteiger partial charge in [-0.3, -0.25) is 20.0 Å². The second-order valence-corrected chi connectivity index (χ2v) is 13.0. The van der Waals surface area contributed by atoms with Gasteiger partial charge in [0.2, 0.25) is 5.78 Å². The average Bonchev–Trinajstić information content (AvgIpc) is 3.23. The number of esters is 1. The first-order chi connectivity index (χ1) is 22.1. The number of halogens is 1. The lowest BCUT2D eigenvalue weighted by molar-refractivity contribution is -0.497. The molecule has 0 heterocycles. The summed E-state index contributed by atoms with van der Waals surface area (Å²) in [6, 6.07) is 6.09. The summed E-state index contributed by atoms with van der Waals surface area (Å²) >= 11 is 0. The number of nitrogens with one attached hydrogen (secondary N) is 1. The predicted molar refractivity (Wildman–Crippen MR) is 156 cm³/mol. The third kappa shape index (κ3) is 5.69. The van der Waals surface area contributed by atoms with Crippen molar-refractivity contribution < 1.29 is 63.6 Å². The molecule has 3 saturated carbocycles. The highest BCUT2D eigenvalue weighted by molar-refractivity contribution is 6.01. The van der Waals surface area contributed by atoms with E-state index in [2.05, 4.69) is 10.2 Å². The van der Waals surface area contributed by atoms with Crippen molar-refractivity contribution in [1.29, 1.82) is 0 Å². The maximum atomic E-state index is 17.2. The molecule has 0 radical (unpaired) electrons. The molecule has 4 aliphatic carbocycles. The van der Waals surface area contributed by atoms with Crippen LogP contribution in [0.2, 0.25) is 0 Å². The SMILES string of the molecule is C[C@]12C=CC(=O)C=C1CC[C@H]1[C@@H]3CC(O)[C@](O)(C(=O)COC(=O)NCCOC(=O)c4ccccc4CON(O)O)[C@@]3(C)C[C@H](O)[C@@]12F. The minimum atomic E-state index is -2.45. The van der Waals surface area contributed by atoms with Crippen molar-refractivity contribution in [2.75, 3.05) is 19.8 Å². The lowest BCUT2D eigenvalue weighted by atomic mass is 9.44. The van der Waals surface area contributed by atoms with E-state index in [0.717, 1.165) is 0 Å². The van der Waals surface area contributed by atoms with E-state index >= 15 is 4.39 Å². The second-order valence-electron chi connectivity index (χ2n) is 13.0. The molecule has 3 fully saturated rings. The van der Waals surface area contributed by atoms with Crippen molar-refractivity contribution in [3.8, 4) is 0 Å². The van der Waals surface area contributed by atoms with Crippen molar-refractivity contribution in [2.45, 2.75) is 69.6 Å². The Morgan fingerprint density at radius 3 is 2.53 bits per heavy atom. The summed E-state index contributed by atoms with van der Waals surface area (Å²) in [6.07, 6.45) is -0.0483. The van der Waals surface area contributed by atoms with Crippen molar-refractivity contribution in [2.24, 2.45) is 22.7 Å². The fraction of sp³-hybridized carbons (Fsp3) is 0.562. The number of aliphatic hydroxyl groups is 3. The van der Waals surface area contributed by atoms with Crippen LogP contribution in [0.15, 0.2) is 48.1 Å². The van der Waals surface area contributed by atoms with E-state index in [4.69, 9.17) is 19.9 Å². The highest BCUT2D eigenvalue weighted by Gasteiger charge is 2.76. The zero-order valence-electron chi connectivity index (χ0n) is 25.9. The Hall–Kier alpha value is -3.57. The molecule has 4 aliphatic rings. The van der Waals surface area contributed by atoms with Crippen LogP contribution in [0, 0.1) is 22.7 Å². The summed E-state index contributed by atoms with van der Waals surface area (Å²) in [6.45, 7) is 1.38. The molecule has 5 rings (SSSR count). The summed E-state index contributed by atoms with van der Waals surface area (Å²) in [7, 11) is 0. The van der Waals surface area contributed by atoms with Crippen molar-refractivity contribution in [3.63, 3.8) is 0 Å². The van der Waals surface area contributed by atoms with E-state index in [1.807, 2.05) is 0 Å². The predicted octanol–water partition coefficient (Wildman–Crippen LogP) is 1.72. The van der Waals surface area contributed by atoms with Crippen molar-refractivity contribution in [1.82, 2.24) is 10.7 Å². The zero-order valence-corrected chi connectivity index (χ0v) is 25.9. The summed E-state index contributed by atoms with van der Waals surface area (Å²) < 4.78 is 27.4. The van der Waals surface area contributed by atoms with Crippen molar-refractivity contribution >= 4 is 23.6 Å². The molecule has 1 aromatic carbocycles. The van der Waals surface area contributed by atoms with Gasteiger partial charge in [0.1, 0.15) is 6.61 Å². The Labute approximate surface area is 269 Å². The van der Waals surface area contributed by atoms with Crippen LogP contribution < -0.4 is 5.32 Å². The Morgan fingerprint density at radius 2 is 1.81 bits per heavy atom. The molecule has 0 saturated heterocycles. The maximum absolute atomic E-state index is 17.2. The maximum Gasteiger partial charge on any atom is 0.407 e. The number of benzene rings is 1. The molecule has 0 aromatic heterocycles. The van der Waals surface area contributed by atoms with Crippen LogP contribution in [0.25, 0.3) is 0 Å². The van der Waals surface area contributed by atoms with Gasteiger partial charge in [-0.2, -0.15) is 0 Å². The summed E-state index contributed by atoms with van der Waals surface area (Å²) in [5, 5.41) is 53.5. The first-order valence-corrected chi connectivity index (χ1v) is 15.3. The quantitative estimate of drug-likeness (QED) is 0.120. The third-order valence-corrected chi connectivity index (χ3v) is 10.8. The Morgan fingerprint density at radius 1 is 1.09 bits per heavy atom. The van der Waals surface area contributed by atoms with Crippen LogP contribution in [0.4, 0.5) is 9.18 Å². The molecule has 6 N–H and O–H groups in total. The minimum Gasteiger partial charge on any atom is -0.460 e. The van der Waals surface area contributed by atoms with E-state index in [9.17, 15) is 34.5 Å². The smallest absolute Gasteiger partial charge is 0.407 e. The number of allylic oxidation sites excluding steroid dienone is 4. The van der Waals surface area contributed by atoms with Gasteiger partial charge in [-0.15, -0.1) is 0 Å². The number of aliphatic hydroxyl groups excluding tert-OH is 2. The molecule has 15 heteroatoms. The Balaban J connectivity index is 1.18. The first kappa shape index (κ1) is 34.8. The molecule has 14 nitrogen and oxygen atoms in total. The summed E-state index contributed by atoms with van der Waals surface area (Å²) in [5.41, 5.74) is -6.47. The average molecular weight is 663 g/mol. The molecule has 1 aromatic rings. The highest BCUT2D eigenvalue weighted by Crippen LogP contribution is 2.69. The van der Waals surface area contributed by atoms with Gasteiger partial charge in [0.25, 0.3) is 0 Å². The molecular formula is C32H39FN2O12. The van der Waals surface area contributed by atoms with E-state index in [0.29, 0.717) is 17.6 Å². The first-order valence-electron chi connectivity index (χ1n) is 15.3. The van der Waals surface area contributed by atoms with Crippen LogP contribution in [0.3, 0.4) is 0 Å². The number of carbonyl (C=O) groups is 4. The standard InChI is InChI=1S/C32H39FN2O12/c1-29-10-9-20(36)13-19(29)7-8-22-23-14-24(37)32(42,30(23,2)15-25(38)31(22,29)33)26(39)17-46-28(41)34-11-12-45-27(40)21-6-4-3-5-18(21)16-47-35(43)44/h3-6,9-10,13,22-25,37-38,42-44H,7-8,11-12,14-17H2,1-2H3,(H,34,41)/t22-,23-,24?,25-,29-,30-,31-,32-/m0/s1. The molecule has 256 valence electrons. The second kappa shape index (κ2) is 12.8. The van der Waals surface area contributed by atoms with Gasteiger partial charge >= 0.3 is 12.1 Å². The van der Waals surface area contributed by atoms with E-state index < -0.39 is 76.0 Å². The van der Waals surface area contributed by atoms with Gasteiger partial charge in [-0.05, 0) is 62.3 Å². The fourth-order valence-corrected chi connectivity index (χ4v) is 8.37. The number of ketones is 2. The fourth-order valence-electron chi connectivity index (χ4n) is 8.37. The molecule has 1 unspecified atom stereocenters. The number of nitrogens with zero attached hydrogens (tertiary/aromatic N) is 1. The topological polar surface area (TPSA) is 212 Å². The highest BCUT2D eigenvalue weighted by atomic mass is 19.1. The van der Waals surface area contributed by atoms with Crippen LogP contribution in [-0.2, 0) is 30.5 Å². The van der Waals surface area contributed by atoms with Crippen molar-refractivity contribution in [3.05, 3.63) is 59.2 Å². The Kier molecular flexibility index (Phi) is 9.47. The van der Waals surface area contributed by atoms with Gasteiger partial charge in [0.05, 0.1) is 36.3 Å². The zero-order chi connectivity index (χ0) is 34.4. The molecule has 0 aliphatic heterocycles. The van der Waals surface area contributed by atoms with Crippen LogP contribution in [0.5, 0.6) is 0 Å². The number of alkyl halides is 1. The monoisotopic (exact) mass is 662 g/mol. The van der Waals surface area contributed by atoms with Crippen LogP contribution >= 0.6 is 0 Å². The summed E-state index contributed by atoms with van der Waals surface area (Å²) in [5.74, 6) is -3.61. The number of fused-ring (bicyclic) bond motifs is 5. The van der Waals surface area contributed by atoms with E-state index in [1.54, 1.807) is 19.1 Å². The van der Waals surface area contributed by atoms with E-state index in [1.165, 1.54) is 37.3 Å². The number of hydrogen-bond acceptors (Lipinski definition) is 13. The third-order valence-electron chi connectivity index (χ3n) is 10.8. The van der Waals surface area contributed by atoms with Crippen LogP contribution in [-0.4, -0.2) is 98.0 Å².